The van der Waals surface area contributed by atoms with E-state index in [-0.39, 0.29) is 5.91 Å². The third-order valence-electron chi connectivity index (χ3n) is 1.46. The summed E-state index contributed by atoms with van der Waals surface area (Å²) < 4.78 is -0.454. The number of hydrazine groups is 1. The van der Waals surface area contributed by atoms with Crippen LogP contribution in [0.3, 0.4) is 0 Å². The maximum atomic E-state index is 11.4. The average molecular weight is 308 g/mol. The van der Waals surface area contributed by atoms with Crippen LogP contribution in [0.5, 0.6) is 0 Å². The van der Waals surface area contributed by atoms with E-state index in [1.165, 1.54) is 0 Å². The van der Waals surface area contributed by atoms with E-state index in [0.29, 0.717) is 5.69 Å². The average Bonchev–Trinajstić information content (AvgIpc) is 2.17. The normalized spacial score (nSPS) is 10.2. The Bertz CT molecular complexity index is 289. The Kier molecular flexibility index (Phi) is 3.90. The number of hydrogen-bond acceptors (Lipinski definition) is 2. The third kappa shape index (κ3) is 2.79. The molecule has 1 rings (SSSR count). The van der Waals surface area contributed by atoms with Gasteiger partial charge in [0.05, 0.1) is 5.69 Å². The molecule has 0 saturated carbocycles. The van der Waals surface area contributed by atoms with Crippen molar-refractivity contribution in [3.8, 4) is 0 Å². The predicted molar refractivity (Wildman–Crippen MR) is 59.8 cm³/mol. The lowest BCUT2D eigenvalue weighted by atomic mass is 10.3. The molecule has 1 aromatic rings. The molecule has 0 aliphatic rings. The highest BCUT2D eigenvalue weighted by atomic mass is 79.9. The Morgan fingerprint density at radius 1 is 1.31 bits per heavy atom. The van der Waals surface area contributed by atoms with Gasteiger partial charge in [-0.15, -0.1) is 0 Å². The molecular weight excluding hydrogens is 300 g/mol. The van der Waals surface area contributed by atoms with Crippen molar-refractivity contribution in [2.24, 2.45) is 5.84 Å². The van der Waals surface area contributed by atoms with Gasteiger partial charge in [0.15, 0.2) is 0 Å². The van der Waals surface area contributed by atoms with Crippen LogP contribution in [0, 0.1) is 0 Å². The van der Waals surface area contributed by atoms with E-state index in [1.807, 2.05) is 18.2 Å². The highest BCUT2D eigenvalue weighted by molar-refractivity contribution is 9.25. The van der Waals surface area contributed by atoms with Gasteiger partial charge in [0, 0.05) is 0 Å². The van der Waals surface area contributed by atoms with Gasteiger partial charge in [-0.2, -0.15) is 0 Å². The van der Waals surface area contributed by atoms with E-state index < -0.39 is 3.74 Å². The van der Waals surface area contributed by atoms with Crippen molar-refractivity contribution in [2.75, 3.05) is 5.01 Å². The number of nitrogens with zero attached hydrogens (tertiary/aromatic N) is 1. The molecule has 5 heteroatoms. The van der Waals surface area contributed by atoms with Gasteiger partial charge in [0.25, 0.3) is 5.91 Å². The number of para-hydroxylation sites is 1. The minimum atomic E-state index is -0.454. The molecule has 1 aromatic carbocycles. The standard InChI is InChI=1S/C8H8Br2N2O/c9-7(10)8(13)12(11)6-4-2-1-3-5-6/h1-5,7H,11H2. The van der Waals surface area contributed by atoms with Crippen LogP contribution >= 0.6 is 31.9 Å². The van der Waals surface area contributed by atoms with E-state index in [4.69, 9.17) is 5.84 Å². The summed E-state index contributed by atoms with van der Waals surface area (Å²) in [4.78, 5) is 11.4. The SMILES string of the molecule is NN(C(=O)C(Br)Br)c1ccccc1. The van der Waals surface area contributed by atoms with Crippen LogP contribution in [0.2, 0.25) is 0 Å². The molecule has 0 aromatic heterocycles. The van der Waals surface area contributed by atoms with Gasteiger partial charge in [-0.25, -0.2) is 10.9 Å². The van der Waals surface area contributed by atoms with Gasteiger partial charge in [-0.1, -0.05) is 50.1 Å². The van der Waals surface area contributed by atoms with Crippen molar-refractivity contribution in [1.82, 2.24) is 0 Å². The minimum Gasteiger partial charge on any atom is -0.271 e. The number of hydrogen-bond donors (Lipinski definition) is 1. The molecule has 0 aliphatic heterocycles. The molecule has 1 amide bonds. The van der Waals surface area contributed by atoms with Crippen LogP contribution in [0.15, 0.2) is 30.3 Å². The van der Waals surface area contributed by atoms with Crippen LogP contribution in [0.4, 0.5) is 5.69 Å². The molecule has 0 unspecified atom stereocenters. The van der Waals surface area contributed by atoms with Crippen LogP contribution in [0.1, 0.15) is 0 Å². The molecular formula is C8H8Br2N2O. The number of carbonyl (C=O) groups excluding carboxylic acids is 1. The number of nitrogens with two attached hydrogens (primary N) is 1. The van der Waals surface area contributed by atoms with Crippen LogP contribution in [0.25, 0.3) is 0 Å². The van der Waals surface area contributed by atoms with Crippen molar-refractivity contribution < 1.29 is 4.79 Å². The lowest BCUT2D eigenvalue weighted by Crippen LogP contribution is -2.40. The summed E-state index contributed by atoms with van der Waals surface area (Å²) in [5.41, 5.74) is 0.663. The fourth-order valence-corrected chi connectivity index (χ4v) is 1.26. The molecule has 0 aliphatic carbocycles. The first-order valence-electron chi connectivity index (χ1n) is 3.55. The zero-order valence-electron chi connectivity index (χ0n) is 6.65. The molecule has 13 heavy (non-hydrogen) atoms. The van der Waals surface area contributed by atoms with Crippen molar-refractivity contribution in [3.05, 3.63) is 30.3 Å². The third-order valence-corrected chi connectivity index (χ3v) is 2.24. The minimum absolute atomic E-state index is 0.244. The van der Waals surface area contributed by atoms with Crippen molar-refractivity contribution in [3.63, 3.8) is 0 Å². The molecule has 0 saturated heterocycles. The Balaban J connectivity index is 2.80. The first kappa shape index (κ1) is 10.7. The Hall–Kier alpha value is -0.390. The van der Waals surface area contributed by atoms with E-state index in [2.05, 4.69) is 31.9 Å². The lowest BCUT2D eigenvalue weighted by molar-refractivity contribution is -0.116. The van der Waals surface area contributed by atoms with E-state index in [9.17, 15) is 4.79 Å². The van der Waals surface area contributed by atoms with Gasteiger partial charge >= 0.3 is 0 Å². The number of carbonyl (C=O) groups is 1. The molecule has 2 N–H and O–H groups in total. The lowest BCUT2D eigenvalue weighted by Gasteiger charge is -2.16. The Morgan fingerprint density at radius 3 is 2.31 bits per heavy atom. The van der Waals surface area contributed by atoms with Crippen molar-refractivity contribution in [2.45, 2.75) is 3.74 Å². The number of amides is 1. The number of halogens is 2. The maximum absolute atomic E-state index is 11.4. The second kappa shape index (κ2) is 4.74. The zero-order valence-corrected chi connectivity index (χ0v) is 9.82. The van der Waals surface area contributed by atoms with Crippen molar-refractivity contribution >= 4 is 43.5 Å². The van der Waals surface area contributed by atoms with E-state index >= 15 is 0 Å². The molecule has 0 bridgehead atoms. The summed E-state index contributed by atoms with van der Waals surface area (Å²) in [6.45, 7) is 0. The van der Waals surface area contributed by atoms with Crippen LogP contribution in [-0.2, 0) is 4.79 Å². The van der Waals surface area contributed by atoms with E-state index in [1.54, 1.807) is 12.1 Å². The quantitative estimate of drug-likeness (QED) is 0.393. The number of alkyl halides is 2. The van der Waals surface area contributed by atoms with E-state index in [0.717, 1.165) is 5.01 Å². The van der Waals surface area contributed by atoms with Gasteiger partial charge < -0.3 is 0 Å². The van der Waals surface area contributed by atoms with Gasteiger partial charge in [0.2, 0.25) is 0 Å². The molecule has 0 heterocycles. The molecule has 0 atom stereocenters. The van der Waals surface area contributed by atoms with Crippen LogP contribution < -0.4 is 10.9 Å². The largest absolute Gasteiger partial charge is 0.271 e. The highest BCUT2D eigenvalue weighted by Crippen LogP contribution is 2.16. The van der Waals surface area contributed by atoms with Gasteiger partial charge in [-0.05, 0) is 12.1 Å². The fourth-order valence-electron chi connectivity index (χ4n) is 0.821. The molecule has 0 spiro atoms. The number of anilines is 1. The summed E-state index contributed by atoms with van der Waals surface area (Å²) >= 11 is 6.17. The summed E-state index contributed by atoms with van der Waals surface area (Å²) in [6.07, 6.45) is 0. The first-order chi connectivity index (χ1) is 6.13. The topological polar surface area (TPSA) is 46.3 Å². The van der Waals surface area contributed by atoms with Crippen LogP contribution in [-0.4, -0.2) is 9.64 Å². The maximum Gasteiger partial charge on any atom is 0.265 e. The Morgan fingerprint density at radius 2 is 1.85 bits per heavy atom. The van der Waals surface area contributed by atoms with Gasteiger partial charge in [0.1, 0.15) is 3.74 Å². The fraction of sp³-hybridized carbons (Fsp3) is 0.125. The Labute approximate surface area is 93.1 Å². The highest BCUT2D eigenvalue weighted by Gasteiger charge is 2.17. The summed E-state index contributed by atoms with van der Waals surface area (Å²) in [6, 6.07) is 9.03. The summed E-state index contributed by atoms with van der Waals surface area (Å²) in [7, 11) is 0. The van der Waals surface area contributed by atoms with Gasteiger partial charge in [-0.3, -0.25) is 4.79 Å². The molecule has 0 fully saturated rings. The summed E-state index contributed by atoms with van der Waals surface area (Å²) in [5, 5.41) is 1.09. The first-order valence-corrected chi connectivity index (χ1v) is 5.38. The monoisotopic (exact) mass is 306 g/mol. The predicted octanol–water partition coefficient (Wildman–Crippen LogP) is 2.01. The molecule has 70 valence electrons. The molecule has 0 radical (unpaired) electrons. The summed E-state index contributed by atoms with van der Waals surface area (Å²) in [5.74, 6) is 5.32. The number of benzene rings is 1. The molecule has 3 nitrogen and oxygen atoms in total. The zero-order chi connectivity index (χ0) is 9.84. The second-order valence-electron chi connectivity index (χ2n) is 2.34. The number of rotatable bonds is 2. The van der Waals surface area contributed by atoms with Crippen molar-refractivity contribution in [1.29, 1.82) is 0 Å². The smallest absolute Gasteiger partial charge is 0.265 e. The second-order valence-corrected chi connectivity index (χ2v) is 5.40.